The van der Waals surface area contributed by atoms with Crippen LogP contribution >= 0.6 is 35.6 Å². The van der Waals surface area contributed by atoms with Gasteiger partial charge in [0.25, 0.3) is 0 Å². The molecule has 0 heterocycles. The Labute approximate surface area is 122 Å². The van der Waals surface area contributed by atoms with Crippen LogP contribution in [-0.2, 0) is 4.79 Å². The van der Waals surface area contributed by atoms with E-state index in [2.05, 4.69) is 5.32 Å². The number of rotatable bonds is 4. The predicted octanol–water partition coefficient (Wildman–Crippen LogP) is 1.91. The quantitative estimate of drug-likeness (QED) is 0.795. The molecular formula is C11H15Cl3N2O2. The Hall–Kier alpha value is -0.520. The summed E-state index contributed by atoms with van der Waals surface area (Å²) in [6.07, 6.45) is -0.959. The molecule has 2 atom stereocenters. The van der Waals surface area contributed by atoms with Gasteiger partial charge >= 0.3 is 0 Å². The molecule has 1 amide bonds. The first-order valence-corrected chi connectivity index (χ1v) is 5.84. The Kier molecular flexibility index (Phi) is 7.59. The van der Waals surface area contributed by atoms with Gasteiger partial charge in [-0.25, -0.2) is 0 Å². The van der Waals surface area contributed by atoms with Crippen molar-refractivity contribution < 1.29 is 9.90 Å². The molecule has 0 aliphatic heterocycles. The number of benzene rings is 1. The fourth-order valence-electron chi connectivity index (χ4n) is 1.29. The molecule has 1 aromatic rings. The van der Waals surface area contributed by atoms with Gasteiger partial charge in [-0.05, 0) is 19.1 Å². The fraction of sp³-hybridized carbons (Fsp3) is 0.364. The molecule has 0 fully saturated rings. The highest BCUT2D eigenvalue weighted by atomic mass is 35.5. The molecular weight excluding hydrogens is 298 g/mol. The van der Waals surface area contributed by atoms with Gasteiger partial charge in [0.05, 0.1) is 12.1 Å². The molecule has 7 heteroatoms. The van der Waals surface area contributed by atoms with Gasteiger partial charge in [0, 0.05) is 22.2 Å². The number of hydrogen-bond acceptors (Lipinski definition) is 3. The van der Waals surface area contributed by atoms with Crippen LogP contribution in [0.15, 0.2) is 18.2 Å². The van der Waals surface area contributed by atoms with Crippen LogP contribution < -0.4 is 11.1 Å². The Morgan fingerprint density at radius 1 is 1.44 bits per heavy atom. The molecule has 0 saturated carbocycles. The van der Waals surface area contributed by atoms with Gasteiger partial charge in [0.15, 0.2) is 0 Å². The SMILES string of the molecule is C[C@@H](N)C(=O)NCC(O)c1c(Cl)cccc1Cl.Cl. The third kappa shape index (κ3) is 4.63. The molecule has 0 aromatic heterocycles. The van der Waals surface area contributed by atoms with E-state index in [0.29, 0.717) is 15.6 Å². The zero-order valence-electron chi connectivity index (χ0n) is 9.69. The maximum atomic E-state index is 11.2. The topological polar surface area (TPSA) is 75.4 Å². The first-order chi connectivity index (χ1) is 7.93. The number of aliphatic hydroxyl groups excluding tert-OH is 1. The van der Waals surface area contributed by atoms with E-state index in [4.69, 9.17) is 28.9 Å². The van der Waals surface area contributed by atoms with Crippen molar-refractivity contribution in [2.45, 2.75) is 19.1 Å². The molecule has 0 radical (unpaired) electrons. The Balaban J connectivity index is 0.00000289. The predicted molar refractivity (Wildman–Crippen MR) is 75.3 cm³/mol. The molecule has 0 aliphatic carbocycles. The van der Waals surface area contributed by atoms with Crippen LogP contribution in [0.25, 0.3) is 0 Å². The van der Waals surface area contributed by atoms with Crippen molar-refractivity contribution in [3.63, 3.8) is 0 Å². The van der Waals surface area contributed by atoms with Gasteiger partial charge in [-0.1, -0.05) is 29.3 Å². The van der Waals surface area contributed by atoms with E-state index >= 15 is 0 Å². The average molecular weight is 314 g/mol. The molecule has 0 spiro atoms. The minimum absolute atomic E-state index is 0. The maximum absolute atomic E-state index is 11.2. The summed E-state index contributed by atoms with van der Waals surface area (Å²) < 4.78 is 0. The summed E-state index contributed by atoms with van der Waals surface area (Å²) in [5, 5.41) is 13.1. The minimum atomic E-state index is -0.959. The zero-order valence-corrected chi connectivity index (χ0v) is 12.0. The summed E-state index contributed by atoms with van der Waals surface area (Å²) in [5.74, 6) is -0.341. The summed E-state index contributed by atoms with van der Waals surface area (Å²) in [4.78, 5) is 11.2. The zero-order chi connectivity index (χ0) is 13.0. The van der Waals surface area contributed by atoms with Crippen molar-refractivity contribution in [3.05, 3.63) is 33.8 Å². The lowest BCUT2D eigenvalue weighted by atomic mass is 10.1. The third-order valence-electron chi connectivity index (χ3n) is 2.22. The molecule has 18 heavy (non-hydrogen) atoms. The minimum Gasteiger partial charge on any atom is -0.386 e. The molecule has 1 aromatic carbocycles. The van der Waals surface area contributed by atoms with Crippen molar-refractivity contribution in [2.75, 3.05) is 6.54 Å². The molecule has 0 aliphatic rings. The maximum Gasteiger partial charge on any atom is 0.236 e. The highest BCUT2D eigenvalue weighted by Crippen LogP contribution is 2.29. The standard InChI is InChI=1S/C11H14Cl2N2O2.ClH/c1-6(14)11(17)15-5-9(16)10-7(12)3-2-4-8(10)13;/h2-4,6,9,16H,5,14H2,1H3,(H,15,17);1H/t6-,9?;/m1./s1. The number of halogens is 3. The van der Waals surface area contributed by atoms with Gasteiger partial charge in [-0.2, -0.15) is 0 Å². The highest BCUT2D eigenvalue weighted by Gasteiger charge is 2.17. The largest absolute Gasteiger partial charge is 0.386 e. The molecule has 4 nitrogen and oxygen atoms in total. The average Bonchev–Trinajstić information content (AvgIpc) is 2.25. The first-order valence-electron chi connectivity index (χ1n) is 5.08. The first kappa shape index (κ1) is 17.5. The van der Waals surface area contributed by atoms with Crippen LogP contribution in [0.5, 0.6) is 0 Å². The second-order valence-corrected chi connectivity index (χ2v) is 4.50. The van der Waals surface area contributed by atoms with Crippen LogP contribution in [0.2, 0.25) is 10.0 Å². The van der Waals surface area contributed by atoms with Crippen LogP contribution in [0.1, 0.15) is 18.6 Å². The summed E-state index contributed by atoms with van der Waals surface area (Å²) in [6, 6.07) is 4.31. The van der Waals surface area contributed by atoms with Gasteiger partial charge in [-0.15, -0.1) is 12.4 Å². The number of aliphatic hydroxyl groups is 1. The van der Waals surface area contributed by atoms with Crippen molar-refractivity contribution in [1.82, 2.24) is 5.32 Å². The Bertz CT molecular complexity index is 393. The number of nitrogens with one attached hydrogen (secondary N) is 1. The number of nitrogens with two attached hydrogens (primary N) is 1. The molecule has 1 rings (SSSR count). The van der Waals surface area contributed by atoms with Crippen molar-refractivity contribution in [3.8, 4) is 0 Å². The molecule has 0 bridgehead atoms. The number of carbonyl (C=O) groups is 1. The number of hydrogen-bond donors (Lipinski definition) is 3. The van der Waals surface area contributed by atoms with E-state index in [1.54, 1.807) is 25.1 Å². The van der Waals surface area contributed by atoms with E-state index in [1.165, 1.54) is 0 Å². The van der Waals surface area contributed by atoms with Crippen molar-refractivity contribution in [2.24, 2.45) is 5.73 Å². The van der Waals surface area contributed by atoms with Crippen LogP contribution in [0.4, 0.5) is 0 Å². The number of carbonyl (C=O) groups excluding carboxylic acids is 1. The van der Waals surface area contributed by atoms with Gasteiger partial charge in [-0.3, -0.25) is 4.79 Å². The molecule has 1 unspecified atom stereocenters. The normalized spacial score (nSPS) is 13.4. The summed E-state index contributed by atoms with van der Waals surface area (Å²) >= 11 is 11.8. The summed E-state index contributed by atoms with van der Waals surface area (Å²) in [5.41, 5.74) is 5.78. The van der Waals surface area contributed by atoms with Crippen molar-refractivity contribution in [1.29, 1.82) is 0 Å². The van der Waals surface area contributed by atoms with E-state index in [0.717, 1.165) is 0 Å². The van der Waals surface area contributed by atoms with E-state index in [1.807, 2.05) is 0 Å². The lowest BCUT2D eigenvalue weighted by Gasteiger charge is -2.16. The summed E-state index contributed by atoms with van der Waals surface area (Å²) in [7, 11) is 0. The molecule has 102 valence electrons. The van der Waals surface area contributed by atoms with Crippen LogP contribution in [-0.4, -0.2) is 23.6 Å². The van der Waals surface area contributed by atoms with Crippen molar-refractivity contribution >= 4 is 41.5 Å². The lowest BCUT2D eigenvalue weighted by molar-refractivity contribution is -0.122. The van der Waals surface area contributed by atoms with E-state index in [-0.39, 0.29) is 24.9 Å². The third-order valence-corrected chi connectivity index (χ3v) is 2.88. The Morgan fingerprint density at radius 2 is 1.94 bits per heavy atom. The second kappa shape index (κ2) is 7.81. The molecule has 4 N–H and O–H groups in total. The number of amides is 1. The lowest BCUT2D eigenvalue weighted by Crippen LogP contribution is -2.40. The van der Waals surface area contributed by atoms with Gasteiger partial charge in [0.1, 0.15) is 0 Å². The summed E-state index contributed by atoms with van der Waals surface area (Å²) in [6.45, 7) is 1.58. The monoisotopic (exact) mass is 312 g/mol. The Morgan fingerprint density at radius 3 is 2.39 bits per heavy atom. The van der Waals surface area contributed by atoms with Gasteiger partial charge < -0.3 is 16.2 Å². The van der Waals surface area contributed by atoms with E-state index in [9.17, 15) is 9.90 Å². The molecule has 0 saturated heterocycles. The van der Waals surface area contributed by atoms with Crippen LogP contribution in [0, 0.1) is 0 Å². The van der Waals surface area contributed by atoms with E-state index < -0.39 is 12.1 Å². The highest BCUT2D eigenvalue weighted by molar-refractivity contribution is 6.36. The smallest absolute Gasteiger partial charge is 0.236 e. The van der Waals surface area contributed by atoms with Gasteiger partial charge in [0.2, 0.25) is 5.91 Å². The van der Waals surface area contributed by atoms with Crippen LogP contribution in [0.3, 0.4) is 0 Å². The second-order valence-electron chi connectivity index (χ2n) is 3.68. The fourth-order valence-corrected chi connectivity index (χ4v) is 1.94.